The highest BCUT2D eigenvalue weighted by atomic mass is 35.5. The van der Waals surface area contributed by atoms with Crippen molar-refractivity contribution in [3.05, 3.63) is 76.1 Å². The molecule has 0 saturated carbocycles. The molecule has 1 heterocycles. The zero-order valence-corrected chi connectivity index (χ0v) is 17.1. The number of hydrogen-bond acceptors (Lipinski definition) is 5. The molecule has 2 aromatic carbocycles. The van der Waals surface area contributed by atoms with E-state index < -0.39 is 5.25 Å². The molecule has 0 amide bonds. The number of ether oxygens (including phenoxy) is 1. The van der Waals surface area contributed by atoms with Crippen LogP contribution in [0.3, 0.4) is 0 Å². The van der Waals surface area contributed by atoms with Gasteiger partial charge in [-0.25, -0.2) is 4.98 Å². The number of carbonyl (C=O) groups is 1. The number of halogens is 1. The Hall–Kier alpha value is -2.57. The molecular formula is C21H19ClN2O3S. The molecule has 0 radical (unpaired) electrons. The fraction of sp³-hybridized carbons (Fsp3) is 0.190. The number of methoxy groups -OCH3 is 1. The van der Waals surface area contributed by atoms with Crippen LogP contribution in [-0.2, 0) is 6.54 Å². The van der Waals surface area contributed by atoms with Gasteiger partial charge in [0.25, 0.3) is 5.56 Å². The summed E-state index contributed by atoms with van der Waals surface area (Å²) in [6, 6.07) is 11.9. The topological polar surface area (TPSA) is 61.2 Å². The molecular weight excluding hydrogens is 396 g/mol. The third-order valence-corrected chi connectivity index (χ3v) is 5.55. The van der Waals surface area contributed by atoms with Crippen LogP contribution in [0.15, 0.2) is 65.1 Å². The molecule has 5 nitrogen and oxygen atoms in total. The van der Waals surface area contributed by atoms with Gasteiger partial charge in [0.1, 0.15) is 5.75 Å². The van der Waals surface area contributed by atoms with Gasteiger partial charge in [0.05, 0.1) is 23.3 Å². The molecule has 0 fully saturated rings. The van der Waals surface area contributed by atoms with E-state index in [1.54, 1.807) is 62.6 Å². The molecule has 0 aliphatic rings. The maximum absolute atomic E-state index is 12.9. The first-order valence-corrected chi connectivity index (χ1v) is 9.86. The summed E-state index contributed by atoms with van der Waals surface area (Å²) < 4.78 is 6.65. The van der Waals surface area contributed by atoms with E-state index in [2.05, 4.69) is 11.6 Å². The Morgan fingerprint density at radius 3 is 2.68 bits per heavy atom. The Morgan fingerprint density at radius 1 is 1.32 bits per heavy atom. The van der Waals surface area contributed by atoms with Gasteiger partial charge in [-0.2, -0.15) is 0 Å². The molecule has 3 aromatic rings. The molecule has 144 valence electrons. The summed E-state index contributed by atoms with van der Waals surface area (Å²) in [5.74, 6) is 0.628. The van der Waals surface area contributed by atoms with Crippen LogP contribution in [0.1, 0.15) is 17.3 Å². The molecule has 1 atom stereocenters. The lowest BCUT2D eigenvalue weighted by Gasteiger charge is -2.15. The quantitative estimate of drug-likeness (QED) is 0.244. The van der Waals surface area contributed by atoms with Crippen molar-refractivity contribution in [2.45, 2.75) is 23.9 Å². The zero-order valence-electron chi connectivity index (χ0n) is 15.5. The molecule has 0 aliphatic carbocycles. The largest absolute Gasteiger partial charge is 0.497 e. The fourth-order valence-corrected chi connectivity index (χ4v) is 3.92. The molecule has 7 heteroatoms. The van der Waals surface area contributed by atoms with Gasteiger partial charge in [-0.15, -0.1) is 6.58 Å². The molecule has 0 spiro atoms. The van der Waals surface area contributed by atoms with Crippen LogP contribution in [0.2, 0.25) is 5.02 Å². The van der Waals surface area contributed by atoms with E-state index in [-0.39, 0.29) is 11.3 Å². The summed E-state index contributed by atoms with van der Waals surface area (Å²) in [7, 11) is 1.58. The van der Waals surface area contributed by atoms with E-state index in [1.807, 2.05) is 0 Å². The number of benzene rings is 2. The first-order valence-electron chi connectivity index (χ1n) is 8.60. The molecule has 0 saturated heterocycles. The van der Waals surface area contributed by atoms with Crippen molar-refractivity contribution in [3.8, 4) is 5.75 Å². The smallest absolute Gasteiger partial charge is 0.262 e. The van der Waals surface area contributed by atoms with Crippen LogP contribution in [0, 0.1) is 0 Å². The zero-order chi connectivity index (χ0) is 20.3. The number of aromatic nitrogens is 2. The SMILES string of the molecule is C=CCn1c(SC(C)C(=O)c2ccc(OC)cc2)nc2cc(Cl)ccc2c1=O. The van der Waals surface area contributed by atoms with E-state index in [4.69, 9.17) is 16.3 Å². The summed E-state index contributed by atoms with van der Waals surface area (Å²) in [6.45, 7) is 5.81. The number of carbonyl (C=O) groups excluding carboxylic acids is 1. The maximum atomic E-state index is 12.9. The summed E-state index contributed by atoms with van der Waals surface area (Å²) in [5, 5.41) is 0.992. The van der Waals surface area contributed by atoms with Gasteiger partial charge in [0.15, 0.2) is 10.9 Å². The lowest BCUT2D eigenvalue weighted by atomic mass is 10.1. The normalized spacial score (nSPS) is 12.0. The van der Waals surface area contributed by atoms with Crippen molar-refractivity contribution < 1.29 is 9.53 Å². The number of allylic oxidation sites excluding steroid dienone is 1. The first-order chi connectivity index (χ1) is 13.4. The second kappa shape index (κ2) is 8.63. The highest BCUT2D eigenvalue weighted by Crippen LogP contribution is 2.26. The van der Waals surface area contributed by atoms with Crippen LogP contribution in [0.25, 0.3) is 10.9 Å². The third kappa shape index (κ3) is 4.13. The second-order valence-electron chi connectivity index (χ2n) is 6.11. The molecule has 28 heavy (non-hydrogen) atoms. The Balaban J connectivity index is 1.97. The molecule has 0 aliphatic heterocycles. The minimum Gasteiger partial charge on any atom is -0.497 e. The molecule has 1 aromatic heterocycles. The van der Waals surface area contributed by atoms with Crippen LogP contribution in [0.4, 0.5) is 0 Å². The van der Waals surface area contributed by atoms with Gasteiger partial charge in [-0.05, 0) is 49.4 Å². The molecule has 1 unspecified atom stereocenters. The van der Waals surface area contributed by atoms with Crippen molar-refractivity contribution in [2.75, 3.05) is 7.11 Å². The summed E-state index contributed by atoms with van der Waals surface area (Å²) in [5.41, 5.74) is 0.889. The average Bonchev–Trinajstić information content (AvgIpc) is 2.70. The molecule has 0 N–H and O–H groups in total. The van der Waals surface area contributed by atoms with E-state index in [1.165, 1.54) is 16.3 Å². The van der Waals surface area contributed by atoms with Gasteiger partial charge < -0.3 is 4.74 Å². The van der Waals surface area contributed by atoms with Crippen molar-refractivity contribution in [1.82, 2.24) is 9.55 Å². The van der Waals surface area contributed by atoms with Gasteiger partial charge in [0.2, 0.25) is 0 Å². The van der Waals surface area contributed by atoms with E-state index in [0.29, 0.717) is 38.9 Å². The van der Waals surface area contributed by atoms with Crippen LogP contribution >= 0.6 is 23.4 Å². The summed E-state index contributed by atoms with van der Waals surface area (Å²) in [4.78, 5) is 30.2. The lowest BCUT2D eigenvalue weighted by Crippen LogP contribution is -2.24. The van der Waals surface area contributed by atoms with Crippen molar-refractivity contribution in [2.24, 2.45) is 0 Å². The van der Waals surface area contributed by atoms with Crippen LogP contribution in [-0.4, -0.2) is 27.7 Å². The Labute approximate surface area is 172 Å². The van der Waals surface area contributed by atoms with Gasteiger partial charge in [0, 0.05) is 17.1 Å². The highest BCUT2D eigenvalue weighted by Gasteiger charge is 2.20. The van der Waals surface area contributed by atoms with Crippen molar-refractivity contribution in [3.63, 3.8) is 0 Å². The van der Waals surface area contributed by atoms with Crippen LogP contribution < -0.4 is 10.3 Å². The number of thioether (sulfide) groups is 1. The third-order valence-electron chi connectivity index (χ3n) is 4.22. The number of Topliss-reactive ketones (excluding diaryl/α,β-unsaturated/α-hetero) is 1. The van der Waals surface area contributed by atoms with Crippen molar-refractivity contribution in [1.29, 1.82) is 0 Å². The van der Waals surface area contributed by atoms with E-state index in [0.717, 1.165) is 0 Å². The predicted octanol–water partition coefficient (Wildman–Crippen LogP) is 4.61. The molecule has 0 bridgehead atoms. The minimum absolute atomic E-state index is 0.0572. The molecule has 3 rings (SSSR count). The minimum atomic E-state index is -0.437. The number of fused-ring (bicyclic) bond motifs is 1. The highest BCUT2D eigenvalue weighted by molar-refractivity contribution is 8.00. The average molecular weight is 415 g/mol. The van der Waals surface area contributed by atoms with Gasteiger partial charge in [-0.3, -0.25) is 14.2 Å². The second-order valence-corrected chi connectivity index (χ2v) is 7.86. The standard InChI is InChI=1S/C21H19ClN2O3S/c1-4-11-24-20(26)17-10-7-15(22)12-18(17)23-21(24)28-13(2)19(25)14-5-8-16(27-3)9-6-14/h4-10,12-13H,1,11H2,2-3H3. The summed E-state index contributed by atoms with van der Waals surface area (Å²) in [6.07, 6.45) is 1.63. The van der Waals surface area contributed by atoms with Gasteiger partial charge >= 0.3 is 0 Å². The Bertz CT molecular complexity index is 1090. The Morgan fingerprint density at radius 2 is 2.04 bits per heavy atom. The number of hydrogen-bond donors (Lipinski definition) is 0. The fourth-order valence-electron chi connectivity index (χ4n) is 2.76. The van der Waals surface area contributed by atoms with E-state index in [9.17, 15) is 9.59 Å². The number of rotatable bonds is 7. The van der Waals surface area contributed by atoms with Crippen LogP contribution in [0.5, 0.6) is 5.75 Å². The van der Waals surface area contributed by atoms with Gasteiger partial charge in [-0.1, -0.05) is 29.4 Å². The number of ketones is 1. The Kier molecular flexibility index (Phi) is 6.21. The van der Waals surface area contributed by atoms with Crippen molar-refractivity contribution >= 4 is 40.0 Å². The monoisotopic (exact) mass is 414 g/mol. The number of nitrogens with zero attached hydrogens (tertiary/aromatic N) is 2. The predicted molar refractivity (Wildman–Crippen MR) is 114 cm³/mol. The first kappa shape index (κ1) is 20.2. The van der Waals surface area contributed by atoms with E-state index >= 15 is 0 Å². The maximum Gasteiger partial charge on any atom is 0.262 e. The summed E-state index contributed by atoms with van der Waals surface area (Å²) >= 11 is 7.29. The lowest BCUT2D eigenvalue weighted by molar-refractivity contribution is 0.0994.